The summed E-state index contributed by atoms with van der Waals surface area (Å²) in [6.07, 6.45) is 3.41. The lowest BCUT2D eigenvalue weighted by Gasteiger charge is -2.06. The number of nitrogens with zero attached hydrogens (tertiary/aromatic N) is 2. The minimum Gasteiger partial charge on any atom is -0.397 e. The number of rotatable bonds is 2. The summed E-state index contributed by atoms with van der Waals surface area (Å²) in [5.74, 6) is 0. The third kappa shape index (κ3) is 2.45. The minimum atomic E-state index is 0.635. The summed E-state index contributed by atoms with van der Waals surface area (Å²) >= 11 is 7.84. The molecule has 0 radical (unpaired) electrons. The van der Waals surface area contributed by atoms with Gasteiger partial charge in [-0.05, 0) is 24.3 Å². The lowest BCUT2D eigenvalue weighted by molar-refractivity contribution is 1.33. The second-order valence-corrected chi connectivity index (χ2v) is 5.31. The van der Waals surface area contributed by atoms with Gasteiger partial charge in [-0.2, -0.15) is 0 Å². The van der Waals surface area contributed by atoms with Gasteiger partial charge in [-0.3, -0.25) is 4.98 Å². The average molecular weight is 288 g/mol. The van der Waals surface area contributed by atoms with Crippen molar-refractivity contribution < 1.29 is 0 Å². The van der Waals surface area contributed by atoms with Crippen molar-refractivity contribution in [1.82, 2.24) is 9.97 Å². The first-order chi connectivity index (χ1) is 9.24. The molecule has 0 aliphatic heterocycles. The number of thiazole rings is 1. The van der Waals surface area contributed by atoms with Crippen LogP contribution in [-0.4, -0.2) is 9.97 Å². The number of hydrogen-bond acceptors (Lipinski definition) is 4. The van der Waals surface area contributed by atoms with Gasteiger partial charge in [0.05, 0.1) is 22.6 Å². The van der Waals surface area contributed by atoms with E-state index in [4.69, 9.17) is 17.3 Å². The van der Waals surface area contributed by atoms with Crippen molar-refractivity contribution in [3.8, 4) is 21.8 Å². The molecule has 5 heteroatoms. The van der Waals surface area contributed by atoms with Crippen LogP contribution >= 0.6 is 22.9 Å². The Morgan fingerprint density at radius 2 is 2.00 bits per heavy atom. The standard InChI is InChI=1S/C14H10ClN3S/c15-12-3-1-9(14-17-5-6-19-14)7-11(12)13-4-2-10(16)8-18-13/h1-8H,16H2. The summed E-state index contributed by atoms with van der Waals surface area (Å²) in [6.45, 7) is 0. The molecule has 3 rings (SSSR count). The molecule has 0 unspecified atom stereocenters. The molecule has 94 valence electrons. The lowest BCUT2D eigenvalue weighted by Crippen LogP contribution is -1.89. The van der Waals surface area contributed by atoms with Crippen molar-refractivity contribution >= 4 is 28.6 Å². The predicted molar refractivity (Wildman–Crippen MR) is 80.2 cm³/mol. The van der Waals surface area contributed by atoms with Gasteiger partial charge >= 0.3 is 0 Å². The Kier molecular flexibility index (Phi) is 3.19. The maximum absolute atomic E-state index is 6.24. The molecule has 1 aromatic carbocycles. The van der Waals surface area contributed by atoms with E-state index in [1.54, 1.807) is 23.7 Å². The fraction of sp³-hybridized carbons (Fsp3) is 0. The van der Waals surface area contributed by atoms with Gasteiger partial charge in [-0.15, -0.1) is 11.3 Å². The molecule has 0 spiro atoms. The quantitative estimate of drug-likeness (QED) is 0.772. The average Bonchev–Trinajstić information content (AvgIpc) is 2.94. The van der Waals surface area contributed by atoms with Gasteiger partial charge in [0, 0.05) is 22.7 Å². The van der Waals surface area contributed by atoms with Crippen LogP contribution in [0.3, 0.4) is 0 Å². The normalized spacial score (nSPS) is 10.6. The second kappa shape index (κ2) is 4.99. The molecule has 0 fully saturated rings. The van der Waals surface area contributed by atoms with Gasteiger partial charge in [-0.1, -0.05) is 17.7 Å². The molecule has 3 aromatic rings. The third-order valence-electron chi connectivity index (χ3n) is 2.71. The zero-order chi connectivity index (χ0) is 13.2. The Labute approximate surface area is 119 Å². The highest BCUT2D eigenvalue weighted by Gasteiger charge is 2.08. The largest absolute Gasteiger partial charge is 0.397 e. The minimum absolute atomic E-state index is 0.635. The molecule has 3 nitrogen and oxygen atoms in total. The van der Waals surface area contributed by atoms with Crippen molar-refractivity contribution in [2.75, 3.05) is 5.73 Å². The summed E-state index contributed by atoms with van der Waals surface area (Å²) < 4.78 is 0. The van der Waals surface area contributed by atoms with Crippen molar-refractivity contribution in [2.45, 2.75) is 0 Å². The van der Waals surface area contributed by atoms with E-state index in [0.717, 1.165) is 21.8 Å². The monoisotopic (exact) mass is 287 g/mol. The molecule has 2 heterocycles. The van der Waals surface area contributed by atoms with Crippen molar-refractivity contribution in [2.24, 2.45) is 0 Å². The number of nitrogens with two attached hydrogens (primary N) is 1. The first kappa shape index (κ1) is 12.1. The molecule has 0 aliphatic carbocycles. The predicted octanol–water partition coefficient (Wildman–Crippen LogP) is 4.11. The van der Waals surface area contributed by atoms with Crippen LogP contribution in [0.5, 0.6) is 0 Å². The van der Waals surface area contributed by atoms with E-state index in [0.29, 0.717) is 10.7 Å². The number of halogens is 1. The van der Waals surface area contributed by atoms with Gasteiger partial charge in [0.1, 0.15) is 5.01 Å². The molecule has 0 atom stereocenters. The van der Waals surface area contributed by atoms with Crippen molar-refractivity contribution in [1.29, 1.82) is 0 Å². The first-order valence-electron chi connectivity index (χ1n) is 5.65. The van der Waals surface area contributed by atoms with Crippen LogP contribution in [0.4, 0.5) is 5.69 Å². The van der Waals surface area contributed by atoms with E-state index < -0.39 is 0 Å². The van der Waals surface area contributed by atoms with Crippen LogP contribution in [0.25, 0.3) is 21.8 Å². The summed E-state index contributed by atoms with van der Waals surface area (Å²) in [6, 6.07) is 9.50. The van der Waals surface area contributed by atoms with Crippen LogP contribution in [0.2, 0.25) is 5.02 Å². The Bertz CT molecular complexity index is 693. The molecular formula is C14H10ClN3S. The molecule has 0 saturated heterocycles. The summed E-state index contributed by atoms with van der Waals surface area (Å²) in [5.41, 5.74) is 9.00. The van der Waals surface area contributed by atoms with Crippen LogP contribution < -0.4 is 5.73 Å². The summed E-state index contributed by atoms with van der Waals surface area (Å²) in [4.78, 5) is 8.61. The van der Waals surface area contributed by atoms with E-state index in [1.165, 1.54) is 0 Å². The number of nitrogen functional groups attached to an aromatic ring is 1. The van der Waals surface area contributed by atoms with E-state index in [2.05, 4.69) is 9.97 Å². The maximum atomic E-state index is 6.24. The SMILES string of the molecule is Nc1ccc(-c2cc(-c3nccs3)ccc2Cl)nc1. The van der Waals surface area contributed by atoms with E-state index >= 15 is 0 Å². The fourth-order valence-corrected chi connectivity index (χ4v) is 2.63. The van der Waals surface area contributed by atoms with Crippen molar-refractivity contribution in [3.05, 3.63) is 53.1 Å². The smallest absolute Gasteiger partial charge is 0.123 e. The van der Waals surface area contributed by atoms with E-state index in [9.17, 15) is 0 Å². The zero-order valence-corrected chi connectivity index (χ0v) is 11.4. The maximum Gasteiger partial charge on any atom is 0.123 e. The van der Waals surface area contributed by atoms with Crippen LogP contribution in [0.1, 0.15) is 0 Å². The Morgan fingerprint density at radius 3 is 2.68 bits per heavy atom. The van der Waals surface area contributed by atoms with Gasteiger partial charge in [0.15, 0.2) is 0 Å². The summed E-state index contributed by atoms with van der Waals surface area (Å²) in [7, 11) is 0. The fourth-order valence-electron chi connectivity index (χ4n) is 1.79. The van der Waals surface area contributed by atoms with Crippen LogP contribution in [0.15, 0.2) is 48.1 Å². The van der Waals surface area contributed by atoms with E-state index in [-0.39, 0.29) is 0 Å². The topological polar surface area (TPSA) is 51.8 Å². The second-order valence-electron chi connectivity index (χ2n) is 4.01. The molecule has 0 bridgehead atoms. The number of benzene rings is 1. The van der Waals surface area contributed by atoms with Crippen LogP contribution in [-0.2, 0) is 0 Å². The highest BCUT2D eigenvalue weighted by molar-refractivity contribution is 7.13. The molecule has 0 saturated carbocycles. The van der Waals surface area contributed by atoms with Gasteiger partial charge in [0.2, 0.25) is 0 Å². The van der Waals surface area contributed by atoms with E-state index in [1.807, 2.05) is 35.7 Å². The number of hydrogen-bond donors (Lipinski definition) is 1. The van der Waals surface area contributed by atoms with Gasteiger partial charge in [0.25, 0.3) is 0 Å². The molecule has 0 amide bonds. The number of aromatic nitrogens is 2. The Hall–Kier alpha value is -1.91. The van der Waals surface area contributed by atoms with Gasteiger partial charge < -0.3 is 5.73 Å². The Balaban J connectivity index is 2.10. The van der Waals surface area contributed by atoms with Crippen molar-refractivity contribution in [3.63, 3.8) is 0 Å². The highest BCUT2D eigenvalue weighted by Crippen LogP contribution is 2.32. The van der Waals surface area contributed by atoms with Gasteiger partial charge in [-0.25, -0.2) is 4.98 Å². The molecule has 2 aromatic heterocycles. The molecule has 2 N–H and O–H groups in total. The number of pyridine rings is 1. The zero-order valence-electron chi connectivity index (χ0n) is 9.88. The lowest BCUT2D eigenvalue weighted by atomic mass is 10.1. The first-order valence-corrected chi connectivity index (χ1v) is 6.91. The Morgan fingerprint density at radius 1 is 1.11 bits per heavy atom. The molecule has 0 aliphatic rings. The molecular weight excluding hydrogens is 278 g/mol. The highest BCUT2D eigenvalue weighted by atomic mass is 35.5. The summed E-state index contributed by atoms with van der Waals surface area (Å²) in [5, 5.41) is 3.58. The third-order valence-corrected chi connectivity index (χ3v) is 3.86. The number of anilines is 1. The molecule has 19 heavy (non-hydrogen) atoms. The van der Waals surface area contributed by atoms with Crippen LogP contribution in [0, 0.1) is 0 Å².